The first-order chi connectivity index (χ1) is 18.5. The van der Waals surface area contributed by atoms with E-state index in [0.717, 1.165) is 0 Å². The lowest BCUT2D eigenvalue weighted by atomic mass is 9.96. The number of hydrogen-bond acceptors (Lipinski definition) is 8. The molecule has 0 aromatic carbocycles. The van der Waals surface area contributed by atoms with E-state index in [1.165, 1.54) is 6.33 Å². The van der Waals surface area contributed by atoms with Crippen LogP contribution in [0, 0.1) is 5.92 Å². The van der Waals surface area contributed by atoms with Crippen molar-refractivity contribution in [3.8, 4) is 0 Å². The van der Waals surface area contributed by atoms with Gasteiger partial charge < -0.3 is 49.0 Å². The molecule has 0 saturated carbocycles. The molecular formula is C24H44N10O5. The molecule has 1 rings (SSSR count). The fourth-order valence-corrected chi connectivity index (χ4v) is 3.74. The summed E-state index contributed by atoms with van der Waals surface area (Å²) < 4.78 is 0. The van der Waals surface area contributed by atoms with Crippen LogP contribution in [0.2, 0.25) is 0 Å². The Morgan fingerprint density at radius 3 is 2.26 bits per heavy atom. The number of carbonyl (C=O) groups excluding carboxylic acids is 3. The largest absolute Gasteiger partial charge is 0.480 e. The van der Waals surface area contributed by atoms with Crippen molar-refractivity contribution in [1.82, 2.24) is 25.9 Å². The number of aromatic nitrogens is 2. The zero-order valence-electron chi connectivity index (χ0n) is 22.7. The summed E-state index contributed by atoms with van der Waals surface area (Å²) in [4.78, 5) is 61.5. The third kappa shape index (κ3) is 12.6. The highest BCUT2D eigenvalue weighted by Gasteiger charge is 2.32. The maximum Gasteiger partial charge on any atom is 0.326 e. The number of aliphatic carboxylic acids is 1. The van der Waals surface area contributed by atoms with E-state index in [2.05, 4.69) is 30.9 Å². The molecule has 1 aromatic rings. The molecular weight excluding hydrogens is 508 g/mol. The molecule has 0 unspecified atom stereocenters. The number of guanidine groups is 1. The number of H-pyrrole nitrogens is 1. The van der Waals surface area contributed by atoms with Gasteiger partial charge in [-0.25, -0.2) is 9.78 Å². The maximum atomic E-state index is 13.3. The van der Waals surface area contributed by atoms with Crippen LogP contribution < -0.4 is 38.9 Å². The number of rotatable bonds is 19. The first kappa shape index (κ1) is 33.3. The molecule has 15 heteroatoms. The Balaban J connectivity index is 2.95. The van der Waals surface area contributed by atoms with Crippen LogP contribution in [0.3, 0.4) is 0 Å². The molecule has 0 aliphatic carbocycles. The quantitative estimate of drug-likeness (QED) is 0.0519. The summed E-state index contributed by atoms with van der Waals surface area (Å²) in [5, 5.41) is 17.5. The highest BCUT2D eigenvalue weighted by Crippen LogP contribution is 2.11. The molecule has 1 aromatic heterocycles. The molecule has 0 radical (unpaired) electrons. The summed E-state index contributed by atoms with van der Waals surface area (Å²) in [6.07, 6.45) is 5.56. The van der Waals surface area contributed by atoms with E-state index in [4.69, 9.17) is 22.9 Å². The van der Waals surface area contributed by atoms with E-state index < -0.39 is 47.9 Å². The second-order valence-corrected chi connectivity index (χ2v) is 9.45. The van der Waals surface area contributed by atoms with Gasteiger partial charge in [0.05, 0.1) is 12.4 Å². The van der Waals surface area contributed by atoms with E-state index in [0.29, 0.717) is 37.9 Å². The summed E-state index contributed by atoms with van der Waals surface area (Å²) in [5.74, 6) is -3.36. The van der Waals surface area contributed by atoms with Crippen molar-refractivity contribution >= 4 is 29.7 Å². The van der Waals surface area contributed by atoms with Crippen LogP contribution >= 0.6 is 0 Å². The number of amides is 3. The van der Waals surface area contributed by atoms with Gasteiger partial charge in [0.2, 0.25) is 17.7 Å². The highest BCUT2D eigenvalue weighted by atomic mass is 16.4. The molecule has 0 aliphatic rings. The third-order valence-electron chi connectivity index (χ3n) is 6.26. The van der Waals surface area contributed by atoms with Gasteiger partial charge in [0.15, 0.2) is 5.96 Å². The van der Waals surface area contributed by atoms with Gasteiger partial charge in [-0.1, -0.05) is 20.3 Å². The fourth-order valence-electron chi connectivity index (χ4n) is 3.74. The van der Waals surface area contributed by atoms with Crippen molar-refractivity contribution in [3.05, 3.63) is 18.2 Å². The molecule has 3 amide bonds. The van der Waals surface area contributed by atoms with Crippen molar-refractivity contribution < 1.29 is 24.3 Å². The zero-order valence-corrected chi connectivity index (χ0v) is 22.7. The standard InChI is InChI=1S/C24H44N10O5/c1-3-14(2)19(34-20(35)16(26)11-15-12-29-13-31-15)22(37)32-17(7-4-5-9-25)21(36)33-18(23(38)39)8-6-10-30-24(27)28/h12-14,16-19H,3-11,25-26H2,1-2H3,(H,29,31)(H,32,37)(H,33,36)(H,34,35)(H,38,39)(H4,27,28,30)/t14-,16-,17-,18-,19-/m0/s1. The normalized spacial score (nSPS) is 14.8. The van der Waals surface area contributed by atoms with Gasteiger partial charge in [0.25, 0.3) is 0 Å². The number of carboxylic acids is 1. The smallest absolute Gasteiger partial charge is 0.326 e. The molecule has 0 bridgehead atoms. The second kappa shape index (κ2) is 17.7. The SMILES string of the molecule is CC[C@H](C)[C@H](NC(=O)[C@@H](N)Cc1cnc[nH]1)C(=O)N[C@@H](CCCCN)C(=O)N[C@@H](CCCN=C(N)N)C(=O)O. The Morgan fingerprint density at radius 1 is 1.03 bits per heavy atom. The molecule has 0 saturated heterocycles. The van der Waals surface area contributed by atoms with Crippen molar-refractivity contribution in [1.29, 1.82) is 0 Å². The van der Waals surface area contributed by atoms with E-state index in [-0.39, 0.29) is 37.7 Å². The van der Waals surface area contributed by atoms with E-state index in [1.54, 1.807) is 13.1 Å². The highest BCUT2D eigenvalue weighted by molar-refractivity contribution is 5.94. The summed E-state index contributed by atoms with van der Waals surface area (Å²) in [7, 11) is 0. The van der Waals surface area contributed by atoms with Gasteiger partial charge in [-0.2, -0.15) is 0 Å². The van der Waals surface area contributed by atoms with Crippen LogP contribution in [0.15, 0.2) is 17.5 Å². The first-order valence-electron chi connectivity index (χ1n) is 13.1. The molecule has 0 fully saturated rings. The van der Waals surface area contributed by atoms with Gasteiger partial charge in [-0.05, 0) is 44.6 Å². The predicted octanol–water partition coefficient (Wildman–Crippen LogP) is -1.95. The fraction of sp³-hybridized carbons (Fsp3) is 0.667. The number of aliphatic imine (C=N–C) groups is 1. The molecule has 13 N–H and O–H groups in total. The topological polar surface area (TPSA) is 270 Å². The Bertz CT molecular complexity index is 936. The maximum absolute atomic E-state index is 13.3. The number of carboxylic acid groups (broad SMARTS) is 1. The molecule has 220 valence electrons. The Kier molecular flexibility index (Phi) is 15.1. The van der Waals surface area contributed by atoms with Gasteiger partial charge in [-0.15, -0.1) is 0 Å². The number of nitrogens with two attached hydrogens (primary N) is 4. The van der Waals surface area contributed by atoms with E-state index in [1.807, 2.05) is 6.92 Å². The molecule has 39 heavy (non-hydrogen) atoms. The Morgan fingerprint density at radius 2 is 1.69 bits per heavy atom. The van der Waals surface area contributed by atoms with Crippen molar-refractivity contribution in [3.63, 3.8) is 0 Å². The molecule has 0 spiro atoms. The van der Waals surface area contributed by atoms with Crippen LogP contribution in [-0.2, 0) is 25.6 Å². The number of imidazole rings is 1. The number of nitrogens with zero attached hydrogens (tertiary/aromatic N) is 2. The minimum atomic E-state index is -1.23. The molecule has 5 atom stereocenters. The predicted molar refractivity (Wildman–Crippen MR) is 146 cm³/mol. The van der Waals surface area contributed by atoms with Crippen molar-refractivity contribution in [2.45, 2.75) is 83.0 Å². The van der Waals surface area contributed by atoms with Crippen LogP contribution in [-0.4, -0.2) is 82.0 Å². The van der Waals surface area contributed by atoms with E-state index in [9.17, 15) is 24.3 Å². The summed E-state index contributed by atoms with van der Waals surface area (Å²) >= 11 is 0. The first-order valence-corrected chi connectivity index (χ1v) is 13.1. The Labute approximate surface area is 228 Å². The summed E-state index contributed by atoms with van der Waals surface area (Å²) in [5.41, 5.74) is 22.8. The third-order valence-corrected chi connectivity index (χ3v) is 6.26. The summed E-state index contributed by atoms with van der Waals surface area (Å²) in [6, 6.07) is -4.13. The minimum absolute atomic E-state index is 0.0844. The molecule has 1 heterocycles. The second-order valence-electron chi connectivity index (χ2n) is 9.45. The molecule has 15 nitrogen and oxygen atoms in total. The number of unbranched alkanes of at least 4 members (excludes halogenated alkanes) is 1. The number of nitrogens with one attached hydrogen (secondary N) is 4. The van der Waals surface area contributed by atoms with E-state index >= 15 is 0 Å². The van der Waals surface area contributed by atoms with Crippen LogP contribution in [0.4, 0.5) is 0 Å². The minimum Gasteiger partial charge on any atom is -0.480 e. The summed E-state index contributed by atoms with van der Waals surface area (Å²) in [6.45, 7) is 4.26. The average molecular weight is 553 g/mol. The lowest BCUT2D eigenvalue weighted by Crippen LogP contribution is -2.58. The molecule has 0 aliphatic heterocycles. The van der Waals surface area contributed by atoms with Crippen molar-refractivity contribution in [2.24, 2.45) is 33.8 Å². The van der Waals surface area contributed by atoms with Gasteiger partial charge in [0.1, 0.15) is 18.1 Å². The van der Waals surface area contributed by atoms with Crippen LogP contribution in [0.1, 0.15) is 58.1 Å². The average Bonchev–Trinajstić information content (AvgIpc) is 3.40. The lowest BCUT2D eigenvalue weighted by Gasteiger charge is -2.28. The number of aromatic amines is 1. The van der Waals surface area contributed by atoms with Gasteiger partial charge in [0, 0.05) is 24.9 Å². The Hall–Kier alpha value is -3.72. The van der Waals surface area contributed by atoms with Crippen molar-refractivity contribution in [2.75, 3.05) is 13.1 Å². The van der Waals surface area contributed by atoms with Crippen LogP contribution in [0.5, 0.6) is 0 Å². The van der Waals surface area contributed by atoms with Gasteiger partial charge in [-0.3, -0.25) is 19.4 Å². The lowest BCUT2D eigenvalue weighted by molar-refractivity contribution is -0.142. The van der Waals surface area contributed by atoms with Gasteiger partial charge >= 0.3 is 5.97 Å². The zero-order chi connectivity index (χ0) is 29.4. The number of hydrogen-bond donors (Lipinski definition) is 9. The van der Waals surface area contributed by atoms with Crippen LogP contribution in [0.25, 0.3) is 0 Å². The number of carbonyl (C=O) groups is 4. The monoisotopic (exact) mass is 552 g/mol.